The van der Waals surface area contributed by atoms with Gasteiger partial charge in [-0.15, -0.1) is 0 Å². The van der Waals surface area contributed by atoms with Crippen molar-refractivity contribution in [1.82, 2.24) is 10.4 Å². The molecule has 1 N–H and O–H groups in total. The maximum Gasteiger partial charge on any atom is 0.416 e. The van der Waals surface area contributed by atoms with Gasteiger partial charge in [0.25, 0.3) is 11.8 Å². The first-order chi connectivity index (χ1) is 13.1. The largest absolute Gasteiger partial charge is 0.416 e. The second kappa shape index (κ2) is 7.94. The van der Waals surface area contributed by atoms with Crippen LogP contribution in [-0.4, -0.2) is 21.1 Å². The van der Waals surface area contributed by atoms with Crippen LogP contribution in [0.15, 0.2) is 53.4 Å². The van der Waals surface area contributed by atoms with Crippen molar-refractivity contribution in [3.05, 3.63) is 75.1 Å². The quantitative estimate of drug-likeness (QED) is 0.542. The van der Waals surface area contributed by atoms with Crippen molar-refractivity contribution in [2.75, 3.05) is 0 Å². The monoisotopic (exact) mass is 442 g/mol. The summed E-state index contributed by atoms with van der Waals surface area (Å²) in [6, 6.07) is 10.4. The maximum absolute atomic E-state index is 12.6. The molecule has 1 fully saturated rings. The molecular formula is C18H10ClF3N2O2S2. The molecular weight excluding hydrogens is 433 g/mol. The van der Waals surface area contributed by atoms with Gasteiger partial charge in [0.15, 0.2) is 4.32 Å². The van der Waals surface area contributed by atoms with Gasteiger partial charge in [0, 0.05) is 10.6 Å². The normalized spacial score (nSPS) is 16.0. The third kappa shape index (κ3) is 4.54. The summed E-state index contributed by atoms with van der Waals surface area (Å²) in [5, 5.41) is 1.38. The van der Waals surface area contributed by atoms with Gasteiger partial charge < -0.3 is 0 Å². The molecule has 1 saturated heterocycles. The SMILES string of the molecule is O=C(NN1C(=O)/C(=C/c2ccc(C(F)(F)F)cc2)SC1=S)c1ccc(Cl)cc1. The molecule has 1 heterocycles. The van der Waals surface area contributed by atoms with Gasteiger partial charge in [0.05, 0.1) is 10.5 Å². The molecule has 2 aromatic rings. The summed E-state index contributed by atoms with van der Waals surface area (Å²) in [4.78, 5) is 24.9. The van der Waals surface area contributed by atoms with Crippen molar-refractivity contribution < 1.29 is 22.8 Å². The van der Waals surface area contributed by atoms with Crippen molar-refractivity contribution >= 4 is 57.8 Å². The van der Waals surface area contributed by atoms with Crippen LogP contribution in [0.3, 0.4) is 0 Å². The molecule has 0 atom stereocenters. The zero-order valence-electron chi connectivity index (χ0n) is 13.8. The number of amides is 2. The predicted octanol–water partition coefficient (Wildman–Crippen LogP) is 4.91. The van der Waals surface area contributed by atoms with E-state index in [1.807, 2.05) is 0 Å². The fourth-order valence-electron chi connectivity index (χ4n) is 2.25. The minimum atomic E-state index is -4.44. The standard InChI is InChI=1S/C18H10ClF3N2O2S2/c19-13-7-3-11(4-8-13)15(25)23-24-16(26)14(28-17(24)27)9-10-1-5-12(6-2-10)18(20,21)22/h1-9H,(H,23,25)/b14-9-. The Balaban J connectivity index is 1.75. The van der Waals surface area contributed by atoms with Crippen LogP contribution in [0.4, 0.5) is 13.2 Å². The molecule has 144 valence electrons. The van der Waals surface area contributed by atoms with E-state index in [1.165, 1.54) is 42.5 Å². The van der Waals surface area contributed by atoms with E-state index in [4.69, 9.17) is 23.8 Å². The highest BCUT2D eigenvalue weighted by molar-refractivity contribution is 8.26. The number of carbonyl (C=O) groups is 2. The molecule has 0 aliphatic carbocycles. The lowest BCUT2D eigenvalue weighted by molar-refractivity contribution is -0.137. The molecule has 0 spiro atoms. The van der Waals surface area contributed by atoms with Gasteiger partial charge in [-0.1, -0.05) is 35.5 Å². The molecule has 28 heavy (non-hydrogen) atoms. The molecule has 0 radical (unpaired) electrons. The highest BCUT2D eigenvalue weighted by Crippen LogP contribution is 2.33. The number of hydrogen-bond donors (Lipinski definition) is 1. The number of halogens is 4. The second-order valence-corrected chi connectivity index (χ2v) is 7.70. The Morgan fingerprint density at radius 3 is 2.29 bits per heavy atom. The molecule has 1 aliphatic rings. The molecule has 0 unspecified atom stereocenters. The summed E-state index contributed by atoms with van der Waals surface area (Å²) in [6.45, 7) is 0. The minimum absolute atomic E-state index is 0.102. The van der Waals surface area contributed by atoms with Gasteiger partial charge in [-0.05, 0) is 60.3 Å². The molecule has 10 heteroatoms. The average Bonchev–Trinajstić information content (AvgIpc) is 2.89. The van der Waals surface area contributed by atoms with E-state index in [9.17, 15) is 22.8 Å². The number of hydrazine groups is 1. The Morgan fingerprint density at radius 2 is 1.71 bits per heavy atom. The molecule has 0 aromatic heterocycles. The third-order valence-corrected chi connectivity index (χ3v) is 5.20. The zero-order valence-corrected chi connectivity index (χ0v) is 16.2. The minimum Gasteiger partial charge on any atom is -0.267 e. The van der Waals surface area contributed by atoms with Gasteiger partial charge >= 0.3 is 6.18 Å². The van der Waals surface area contributed by atoms with E-state index in [1.54, 1.807) is 0 Å². The number of nitrogens with one attached hydrogen (secondary N) is 1. The molecule has 0 saturated carbocycles. The van der Waals surface area contributed by atoms with E-state index in [0.29, 0.717) is 10.6 Å². The Bertz CT molecular complexity index is 974. The molecule has 0 bridgehead atoms. The Kier molecular flexibility index (Phi) is 5.78. The lowest BCUT2D eigenvalue weighted by atomic mass is 10.1. The Hall–Kier alpha value is -2.36. The van der Waals surface area contributed by atoms with Gasteiger partial charge in [-0.2, -0.15) is 18.2 Å². The first-order valence-corrected chi connectivity index (χ1v) is 9.27. The van der Waals surface area contributed by atoms with Crippen molar-refractivity contribution in [2.45, 2.75) is 6.18 Å². The number of benzene rings is 2. The summed E-state index contributed by atoms with van der Waals surface area (Å²) in [5.74, 6) is -1.12. The van der Waals surface area contributed by atoms with Crippen molar-refractivity contribution in [2.24, 2.45) is 0 Å². The fraction of sp³-hybridized carbons (Fsp3) is 0.0556. The number of thioether (sulfide) groups is 1. The van der Waals surface area contributed by atoms with Gasteiger partial charge in [-0.25, -0.2) is 0 Å². The van der Waals surface area contributed by atoms with E-state index < -0.39 is 23.6 Å². The van der Waals surface area contributed by atoms with Crippen molar-refractivity contribution in [3.8, 4) is 0 Å². The van der Waals surface area contributed by atoms with E-state index in [0.717, 1.165) is 28.9 Å². The van der Waals surface area contributed by atoms with Crippen LogP contribution in [0.25, 0.3) is 6.08 Å². The summed E-state index contributed by atoms with van der Waals surface area (Å²) in [6.07, 6.45) is -3.03. The number of thiocarbonyl (C=S) groups is 1. The Morgan fingerprint density at radius 1 is 1.11 bits per heavy atom. The number of alkyl halides is 3. The van der Waals surface area contributed by atoms with E-state index in [2.05, 4.69) is 5.43 Å². The number of nitrogens with zero attached hydrogens (tertiary/aromatic N) is 1. The molecule has 1 aliphatic heterocycles. The fourth-order valence-corrected chi connectivity index (χ4v) is 3.56. The predicted molar refractivity (Wildman–Crippen MR) is 105 cm³/mol. The molecule has 3 rings (SSSR count). The highest BCUT2D eigenvalue weighted by atomic mass is 35.5. The van der Waals surface area contributed by atoms with Gasteiger partial charge in [0.1, 0.15) is 0 Å². The zero-order chi connectivity index (χ0) is 20.5. The van der Waals surface area contributed by atoms with Crippen molar-refractivity contribution in [3.63, 3.8) is 0 Å². The highest BCUT2D eigenvalue weighted by Gasteiger charge is 2.34. The topological polar surface area (TPSA) is 49.4 Å². The first-order valence-electron chi connectivity index (χ1n) is 7.67. The van der Waals surface area contributed by atoms with Crippen LogP contribution in [0.2, 0.25) is 5.02 Å². The average molecular weight is 443 g/mol. The van der Waals surface area contributed by atoms with Crippen LogP contribution < -0.4 is 5.43 Å². The van der Waals surface area contributed by atoms with E-state index >= 15 is 0 Å². The van der Waals surface area contributed by atoms with Crippen LogP contribution in [0, 0.1) is 0 Å². The van der Waals surface area contributed by atoms with Crippen LogP contribution in [0.5, 0.6) is 0 Å². The Labute approximate surface area is 172 Å². The lowest BCUT2D eigenvalue weighted by Gasteiger charge is -2.15. The van der Waals surface area contributed by atoms with Crippen LogP contribution >= 0.6 is 35.6 Å². The maximum atomic E-state index is 12.6. The smallest absolute Gasteiger partial charge is 0.267 e. The first kappa shape index (κ1) is 20.4. The van der Waals surface area contributed by atoms with Gasteiger partial charge in [0.2, 0.25) is 0 Å². The van der Waals surface area contributed by atoms with Crippen LogP contribution in [0.1, 0.15) is 21.5 Å². The number of rotatable bonds is 3. The lowest BCUT2D eigenvalue weighted by Crippen LogP contribution is -2.44. The molecule has 2 amide bonds. The molecule has 2 aromatic carbocycles. The summed E-state index contributed by atoms with van der Waals surface area (Å²) in [5.41, 5.74) is 2.31. The summed E-state index contributed by atoms with van der Waals surface area (Å²) in [7, 11) is 0. The van der Waals surface area contributed by atoms with Crippen molar-refractivity contribution in [1.29, 1.82) is 0 Å². The van der Waals surface area contributed by atoms with Crippen LogP contribution in [-0.2, 0) is 11.0 Å². The number of carbonyl (C=O) groups excluding carboxylic acids is 2. The molecule has 4 nitrogen and oxygen atoms in total. The van der Waals surface area contributed by atoms with Gasteiger partial charge in [-0.3, -0.25) is 15.0 Å². The third-order valence-electron chi connectivity index (χ3n) is 3.65. The number of hydrogen-bond acceptors (Lipinski definition) is 4. The van der Waals surface area contributed by atoms with E-state index in [-0.39, 0.29) is 14.8 Å². The second-order valence-electron chi connectivity index (χ2n) is 5.58. The summed E-state index contributed by atoms with van der Waals surface area (Å²) < 4.78 is 38.0. The summed E-state index contributed by atoms with van der Waals surface area (Å²) >= 11 is 11.8.